The standard InChI is InChI=1S/C26H24Cl2N4O5/c1-26(2)23(32(35)24(33)29-19-7-3-5-17(27)12-19)31(20-8-4-6-18(28)13-20)25(34)30(26)14-16-9-10-21-22(11-16)37-15-36-21/h3-13,23,35H,14-15H2,1-2H3,(H,29,33)/t23-/m0/s1. The lowest BCUT2D eigenvalue weighted by molar-refractivity contribution is -0.0954. The van der Waals surface area contributed by atoms with Gasteiger partial charge < -0.3 is 19.7 Å². The molecular formula is C26H24Cl2N4O5. The summed E-state index contributed by atoms with van der Waals surface area (Å²) < 4.78 is 10.9. The molecule has 0 aliphatic carbocycles. The van der Waals surface area contributed by atoms with Crippen LogP contribution in [-0.4, -0.2) is 45.7 Å². The summed E-state index contributed by atoms with van der Waals surface area (Å²) in [5.74, 6) is 1.23. The van der Waals surface area contributed by atoms with E-state index in [4.69, 9.17) is 32.7 Å². The smallest absolute Gasteiger partial charge is 0.347 e. The van der Waals surface area contributed by atoms with Gasteiger partial charge in [0, 0.05) is 28.0 Å². The highest BCUT2D eigenvalue weighted by Crippen LogP contribution is 2.40. The van der Waals surface area contributed by atoms with E-state index in [-0.39, 0.29) is 13.3 Å². The molecule has 9 nitrogen and oxygen atoms in total. The SMILES string of the molecule is CC1(C)[C@H](N(O)C(=O)Nc2cccc(Cl)c2)N(c2cccc(Cl)c2)C(=O)N1Cc1ccc2c(c1)OCO2. The Labute approximate surface area is 223 Å². The number of nitrogens with zero attached hydrogens (tertiary/aromatic N) is 3. The Kier molecular flexibility index (Phi) is 6.53. The Morgan fingerprint density at radius 1 is 1.05 bits per heavy atom. The van der Waals surface area contributed by atoms with Crippen LogP contribution in [0.15, 0.2) is 66.7 Å². The number of carbonyl (C=O) groups excluding carboxylic acids is 2. The van der Waals surface area contributed by atoms with Gasteiger partial charge in [-0.05, 0) is 67.9 Å². The van der Waals surface area contributed by atoms with Gasteiger partial charge in [0.2, 0.25) is 6.79 Å². The third-order valence-electron chi connectivity index (χ3n) is 6.39. The molecule has 3 aromatic rings. The zero-order valence-electron chi connectivity index (χ0n) is 20.0. The number of carbonyl (C=O) groups is 2. The molecule has 11 heteroatoms. The van der Waals surface area contributed by atoms with Gasteiger partial charge in [0.15, 0.2) is 17.7 Å². The largest absolute Gasteiger partial charge is 0.454 e. The highest BCUT2D eigenvalue weighted by Gasteiger charge is 2.56. The summed E-state index contributed by atoms with van der Waals surface area (Å²) in [7, 11) is 0. The van der Waals surface area contributed by atoms with Gasteiger partial charge in [-0.25, -0.2) is 9.59 Å². The van der Waals surface area contributed by atoms with Crippen LogP contribution >= 0.6 is 23.2 Å². The highest BCUT2D eigenvalue weighted by molar-refractivity contribution is 6.31. The number of hydrogen-bond acceptors (Lipinski definition) is 5. The van der Waals surface area contributed by atoms with Crippen LogP contribution in [0, 0.1) is 0 Å². The first-order chi connectivity index (χ1) is 17.6. The van der Waals surface area contributed by atoms with Gasteiger partial charge in [-0.2, -0.15) is 5.06 Å². The van der Waals surface area contributed by atoms with Gasteiger partial charge >= 0.3 is 12.1 Å². The summed E-state index contributed by atoms with van der Waals surface area (Å²) >= 11 is 12.3. The Bertz CT molecular complexity index is 1370. The zero-order valence-corrected chi connectivity index (χ0v) is 21.5. The van der Waals surface area contributed by atoms with E-state index >= 15 is 0 Å². The molecule has 0 unspecified atom stereocenters. The minimum atomic E-state index is -1.10. The lowest BCUT2D eigenvalue weighted by Crippen LogP contribution is -2.58. The van der Waals surface area contributed by atoms with E-state index in [2.05, 4.69) is 5.32 Å². The average Bonchev–Trinajstić information content (AvgIpc) is 3.39. The lowest BCUT2D eigenvalue weighted by Gasteiger charge is -2.38. The third kappa shape index (κ3) is 4.73. The van der Waals surface area contributed by atoms with Crippen molar-refractivity contribution in [2.24, 2.45) is 0 Å². The number of hydroxylamine groups is 2. The molecule has 0 spiro atoms. The van der Waals surface area contributed by atoms with Crippen molar-refractivity contribution in [1.82, 2.24) is 9.96 Å². The van der Waals surface area contributed by atoms with Gasteiger partial charge in [-0.1, -0.05) is 41.4 Å². The van der Waals surface area contributed by atoms with Gasteiger partial charge in [0.1, 0.15) is 0 Å². The first kappa shape index (κ1) is 25.0. The second kappa shape index (κ2) is 9.66. The van der Waals surface area contributed by atoms with E-state index in [9.17, 15) is 14.8 Å². The number of ether oxygens (including phenoxy) is 2. The van der Waals surface area contributed by atoms with E-state index in [0.29, 0.717) is 38.0 Å². The quantitative estimate of drug-likeness (QED) is 0.296. The van der Waals surface area contributed by atoms with Gasteiger partial charge in [0.25, 0.3) is 0 Å². The monoisotopic (exact) mass is 542 g/mol. The number of fused-ring (bicyclic) bond motifs is 1. The molecule has 4 amide bonds. The van der Waals surface area contributed by atoms with Crippen LogP contribution in [0.3, 0.4) is 0 Å². The molecule has 192 valence electrons. The Balaban J connectivity index is 1.49. The number of nitrogens with one attached hydrogen (secondary N) is 1. The van der Waals surface area contributed by atoms with Crippen LogP contribution in [-0.2, 0) is 6.54 Å². The van der Waals surface area contributed by atoms with Crippen molar-refractivity contribution >= 4 is 46.6 Å². The highest BCUT2D eigenvalue weighted by atomic mass is 35.5. The first-order valence-electron chi connectivity index (χ1n) is 11.4. The fourth-order valence-electron chi connectivity index (χ4n) is 4.57. The lowest BCUT2D eigenvalue weighted by atomic mass is 9.99. The van der Waals surface area contributed by atoms with Crippen LogP contribution < -0.4 is 19.7 Å². The van der Waals surface area contributed by atoms with Crippen molar-refractivity contribution in [1.29, 1.82) is 0 Å². The van der Waals surface area contributed by atoms with Crippen LogP contribution in [0.2, 0.25) is 10.0 Å². The number of halogens is 2. The van der Waals surface area contributed by atoms with Crippen molar-refractivity contribution in [3.63, 3.8) is 0 Å². The van der Waals surface area contributed by atoms with E-state index < -0.39 is 23.8 Å². The van der Waals surface area contributed by atoms with Crippen LogP contribution in [0.4, 0.5) is 21.0 Å². The number of benzene rings is 3. The van der Waals surface area contributed by atoms with Gasteiger partial charge in [0.05, 0.1) is 5.54 Å². The minimum Gasteiger partial charge on any atom is -0.454 e. The molecule has 0 radical (unpaired) electrons. The van der Waals surface area contributed by atoms with Crippen molar-refractivity contribution in [3.8, 4) is 11.5 Å². The second-order valence-electron chi connectivity index (χ2n) is 9.22. The molecule has 0 saturated carbocycles. The molecule has 2 heterocycles. The Morgan fingerprint density at radius 2 is 1.76 bits per heavy atom. The topological polar surface area (TPSA) is 94.6 Å². The van der Waals surface area contributed by atoms with Gasteiger partial charge in [-0.3, -0.25) is 10.1 Å². The second-order valence-corrected chi connectivity index (χ2v) is 10.1. The molecule has 1 atom stereocenters. The number of hydrogen-bond donors (Lipinski definition) is 2. The molecule has 0 aromatic heterocycles. The zero-order chi connectivity index (χ0) is 26.3. The van der Waals surface area contributed by atoms with E-state index in [1.165, 1.54) is 4.90 Å². The Hall–Kier alpha value is -3.66. The van der Waals surface area contributed by atoms with Crippen molar-refractivity contribution in [2.45, 2.75) is 32.1 Å². The molecule has 0 bridgehead atoms. The molecular weight excluding hydrogens is 519 g/mol. The predicted octanol–water partition coefficient (Wildman–Crippen LogP) is 6.19. The number of anilines is 2. The first-order valence-corrected chi connectivity index (χ1v) is 12.2. The number of urea groups is 2. The number of rotatable bonds is 5. The van der Waals surface area contributed by atoms with Crippen molar-refractivity contribution in [3.05, 3.63) is 82.3 Å². The summed E-state index contributed by atoms with van der Waals surface area (Å²) in [6.07, 6.45) is -1.10. The van der Waals surface area contributed by atoms with Crippen molar-refractivity contribution < 1.29 is 24.3 Å². The van der Waals surface area contributed by atoms with Crippen LogP contribution in [0.25, 0.3) is 0 Å². The molecule has 3 aromatic carbocycles. The third-order valence-corrected chi connectivity index (χ3v) is 6.86. The summed E-state index contributed by atoms with van der Waals surface area (Å²) in [5.41, 5.74) is 0.574. The van der Waals surface area contributed by atoms with Gasteiger partial charge in [-0.15, -0.1) is 0 Å². The summed E-state index contributed by atoms with van der Waals surface area (Å²) in [6, 6.07) is 17.4. The summed E-state index contributed by atoms with van der Waals surface area (Å²) in [6.45, 7) is 3.89. The minimum absolute atomic E-state index is 0.138. The molecule has 2 aliphatic heterocycles. The molecule has 37 heavy (non-hydrogen) atoms. The predicted molar refractivity (Wildman–Crippen MR) is 139 cm³/mol. The van der Waals surface area contributed by atoms with E-state index in [0.717, 1.165) is 5.56 Å². The maximum Gasteiger partial charge on any atom is 0.347 e. The summed E-state index contributed by atoms with van der Waals surface area (Å²) in [5, 5.41) is 15.2. The molecule has 2 aliphatic rings. The van der Waals surface area contributed by atoms with E-state index in [1.807, 2.05) is 12.1 Å². The summed E-state index contributed by atoms with van der Waals surface area (Å²) in [4.78, 5) is 30.0. The van der Waals surface area contributed by atoms with Crippen molar-refractivity contribution in [2.75, 3.05) is 17.0 Å². The maximum absolute atomic E-state index is 13.9. The normalized spacial score (nSPS) is 17.8. The fourth-order valence-corrected chi connectivity index (χ4v) is 4.95. The average molecular weight is 543 g/mol. The van der Waals surface area contributed by atoms with Crippen LogP contribution in [0.5, 0.6) is 11.5 Å². The molecule has 1 fully saturated rings. The fraction of sp³-hybridized carbons (Fsp3) is 0.231. The molecule has 1 saturated heterocycles. The molecule has 2 N–H and O–H groups in total. The maximum atomic E-state index is 13.9. The molecule has 5 rings (SSSR count). The Morgan fingerprint density at radius 3 is 2.49 bits per heavy atom. The van der Waals surface area contributed by atoms with Crippen LogP contribution in [0.1, 0.15) is 19.4 Å². The van der Waals surface area contributed by atoms with E-state index in [1.54, 1.807) is 73.3 Å². The number of amides is 4.